The minimum absolute atomic E-state index is 0.0145. The van der Waals surface area contributed by atoms with E-state index in [0.29, 0.717) is 5.75 Å². The molecule has 0 heterocycles. The number of nitrogens with one attached hydrogen (secondary N) is 1. The number of rotatable bonds is 5. The lowest BCUT2D eigenvalue weighted by molar-refractivity contribution is 0.0696. The first-order valence-corrected chi connectivity index (χ1v) is 7.25. The molecule has 0 aromatic heterocycles. The van der Waals surface area contributed by atoms with Crippen LogP contribution in [0.2, 0.25) is 0 Å². The van der Waals surface area contributed by atoms with Crippen LogP contribution in [0.5, 0.6) is 5.75 Å². The molecule has 0 atom stereocenters. The first-order valence-electron chi connectivity index (χ1n) is 5.36. The predicted octanol–water partition coefficient (Wildman–Crippen LogP) is 1.30. The molecule has 98 valence electrons. The number of carbonyl (C=O) groups is 1. The Labute approximate surface area is 105 Å². The monoisotopic (exact) mass is 271 g/mol. The molecule has 0 bridgehead atoms. The quantitative estimate of drug-likeness (QED) is 0.842. The van der Waals surface area contributed by atoms with E-state index in [4.69, 9.17) is 9.84 Å². The zero-order chi connectivity index (χ0) is 13.3. The van der Waals surface area contributed by atoms with Crippen LogP contribution >= 0.6 is 0 Å². The fourth-order valence-corrected chi connectivity index (χ4v) is 1.99. The molecule has 1 aromatic rings. The van der Waals surface area contributed by atoms with Crippen molar-refractivity contribution in [2.45, 2.75) is 18.9 Å². The van der Waals surface area contributed by atoms with Crippen LogP contribution in [0.15, 0.2) is 18.2 Å². The Hall–Kier alpha value is -1.76. The van der Waals surface area contributed by atoms with Crippen molar-refractivity contribution < 1.29 is 23.1 Å². The molecule has 7 heteroatoms. The Morgan fingerprint density at radius 2 is 2.06 bits per heavy atom. The summed E-state index contributed by atoms with van der Waals surface area (Å²) in [6, 6.07) is 4.11. The van der Waals surface area contributed by atoms with Gasteiger partial charge in [-0.15, -0.1) is 0 Å². The Balaban J connectivity index is 2.32. The van der Waals surface area contributed by atoms with Gasteiger partial charge < -0.3 is 9.84 Å². The number of hydrogen-bond acceptors (Lipinski definition) is 4. The van der Waals surface area contributed by atoms with Crippen molar-refractivity contribution in [3.8, 4) is 5.75 Å². The summed E-state index contributed by atoms with van der Waals surface area (Å²) in [7, 11) is -3.45. The molecule has 1 aliphatic rings. The Morgan fingerprint density at radius 3 is 2.56 bits per heavy atom. The topological polar surface area (TPSA) is 92.7 Å². The number of sulfonamides is 1. The van der Waals surface area contributed by atoms with Crippen LogP contribution in [0.4, 0.5) is 5.69 Å². The molecule has 0 aliphatic heterocycles. The van der Waals surface area contributed by atoms with Gasteiger partial charge >= 0.3 is 5.97 Å². The predicted molar refractivity (Wildman–Crippen MR) is 65.5 cm³/mol. The summed E-state index contributed by atoms with van der Waals surface area (Å²) in [5, 5.41) is 8.95. The minimum Gasteiger partial charge on any atom is -0.490 e. The number of carboxylic acid groups (broad SMARTS) is 1. The van der Waals surface area contributed by atoms with Gasteiger partial charge in [0.1, 0.15) is 5.75 Å². The van der Waals surface area contributed by atoms with E-state index >= 15 is 0 Å². The smallest absolute Gasteiger partial charge is 0.335 e. The van der Waals surface area contributed by atoms with E-state index in [1.54, 1.807) is 0 Å². The number of aromatic carboxylic acids is 1. The summed E-state index contributed by atoms with van der Waals surface area (Å²) >= 11 is 0. The summed E-state index contributed by atoms with van der Waals surface area (Å²) in [6.07, 6.45) is 2.99. The Kier molecular flexibility index (Phi) is 3.16. The maximum Gasteiger partial charge on any atom is 0.335 e. The van der Waals surface area contributed by atoms with Crippen molar-refractivity contribution in [2.24, 2.45) is 0 Å². The third-order valence-electron chi connectivity index (χ3n) is 2.28. The van der Waals surface area contributed by atoms with Gasteiger partial charge in [0.2, 0.25) is 10.0 Å². The van der Waals surface area contributed by atoms with Crippen LogP contribution in [0, 0.1) is 0 Å². The third kappa shape index (κ3) is 3.63. The molecular formula is C11H13NO5S. The van der Waals surface area contributed by atoms with Crippen LogP contribution in [0.1, 0.15) is 23.2 Å². The van der Waals surface area contributed by atoms with E-state index in [0.717, 1.165) is 19.1 Å². The third-order valence-corrected chi connectivity index (χ3v) is 2.89. The normalized spacial score (nSPS) is 15.2. The summed E-state index contributed by atoms with van der Waals surface area (Å²) in [6.45, 7) is 0. The average molecular weight is 271 g/mol. The second-order valence-corrected chi connectivity index (χ2v) is 5.99. The molecule has 18 heavy (non-hydrogen) atoms. The highest BCUT2D eigenvalue weighted by atomic mass is 32.2. The first-order chi connectivity index (χ1) is 8.33. The summed E-state index contributed by atoms with van der Waals surface area (Å²) < 4.78 is 30.0. The Bertz CT molecular complexity index is 577. The van der Waals surface area contributed by atoms with Gasteiger partial charge in [-0.1, -0.05) is 0 Å². The largest absolute Gasteiger partial charge is 0.490 e. The van der Waals surface area contributed by atoms with Crippen LogP contribution < -0.4 is 9.46 Å². The number of hydrogen-bond donors (Lipinski definition) is 2. The van der Waals surface area contributed by atoms with Crippen LogP contribution in [-0.2, 0) is 10.0 Å². The number of carboxylic acids is 1. The fourth-order valence-electron chi connectivity index (χ4n) is 1.44. The van der Waals surface area contributed by atoms with Crippen LogP contribution in [0.25, 0.3) is 0 Å². The summed E-state index contributed by atoms with van der Waals surface area (Å²) in [5.41, 5.74) is 0.173. The van der Waals surface area contributed by atoms with Gasteiger partial charge in [0.25, 0.3) is 0 Å². The van der Waals surface area contributed by atoms with Gasteiger partial charge in [0, 0.05) is 6.07 Å². The zero-order valence-electron chi connectivity index (χ0n) is 9.71. The van der Waals surface area contributed by atoms with Gasteiger partial charge in [0.05, 0.1) is 23.6 Å². The van der Waals surface area contributed by atoms with Gasteiger partial charge in [0.15, 0.2) is 0 Å². The lowest BCUT2D eigenvalue weighted by atomic mass is 10.2. The van der Waals surface area contributed by atoms with Crippen molar-refractivity contribution in [2.75, 3.05) is 11.0 Å². The number of benzene rings is 1. The minimum atomic E-state index is -3.45. The van der Waals surface area contributed by atoms with E-state index in [1.165, 1.54) is 18.2 Å². The molecular weight excluding hydrogens is 258 g/mol. The van der Waals surface area contributed by atoms with Crippen molar-refractivity contribution in [1.29, 1.82) is 0 Å². The molecule has 0 amide bonds. The maximum absolute atomic E-state index is 11.1. The van der Waals surface area contributed by atoms with Gasteiger partial charge in [-0.25, -0.2) is 13.2 Å². The summed E-state index contributed by atoms with van der Waals surface area (Å²) in [4.78, 5) is 10.9. The molecule has 2 rings (SSSR count). The van der Waals surface area contributed by atoms with Crippen molar-refractivity contribution in [3.63, 3.8) is 0 Å². The summed E-state index contributed by atoms with van der Waals surface area (Å²) in [5.74, 6) is -0.767. The molecule has 0 spiro atoms. The number of ether oxygens (including phenoxy) is 1. The van der Waals surface area contributed by atoms with Crippen molar-refractivity contribution >= 4 is 21.7 Å². The SMILES string of the molecule is CS(=O)(=O)Nc1cc(OC2CC2)cc(C(=O)O)c1. The molecule has 1 saturated carbocycles. The van der Waals surface area contributed by atoms with Gasteiger partial charge in [-0.3, -0.25) is 4.72 Å². The second-order valence-electron chi connectivity index (χ2n) is 4.24. The highest BCUT2D eigenvalue weighted by Gasteiger charge is 2.24. The van der Waals surface area contributed by atoms with E-state index in [-0.39, 0.29) is 17.4 Å². The van der Waals surface area contributed by atoms with E-state index in [1.807, 2.05) is 0 Å². The van der Waals surface area contributed by atoms with Crippen molar-refractivity contribution in [3.05, 3.63) is 23.8 Å². The second kappa shape index (κ2) is 4.49. The molecule has 6 nitrogen and oxygen atoms in total. The molecule has 0 unspecified atom stereocenters. The lowest BCUT2D eigenvalue weighted by Gasteiger charge is -2.09. The number of anilines is 1. The lowest BCUT2D eigenvalue weighted by Crippen LogP contribution is -2.11. The van der Waals surface area contributed by atoms with Gasteiger partial charge in [-0.05, 0) is 25.0 Å². The standard InChI is InChI=1S/C11H13NO5S/c1-18(15,16)12-8-4-7(11(13)14)5-10(6-8)17-9-2-3-9/h4-6,9,12H,2-3H2,1H3,(H,13,14). The molecule has 0 saturated heterocycles. The fraction of sp³-hybridized carbons (Fsp3) is 0.364. The zero-order valence-corrected chi connectivity index (χ0v) is 10.5. The molecule has 2 N–H and O–H groups in total. The highest BCUT2D eigenvalue weighted by Crippen LogP contribution is 2.29. The first kappa shape index (κ1) is 12.7. The molecule has 1 aliphatic carbocycles. The van der Waals surface area contributed by atoms with Crippen LogP contribution in [0.3, 0.4) is 0 Å². The average Bonchev–Trinajstić information content (AvgIpc) is 2.98. The molecule has 1 aromatic carbocycles. The highest BCUT2D eigenvalue weighted by molar-refractivity contribution is 7.92. The van der Waals surface area contributed by atoms with E-state index in [2.05, 4.69) is 4.72 Å². The maximum atomic E-state index is 11.1. The molecule has 1 fully saturated rings. The Morgan fingerprint density at radius 1 is 1.39 bits per heavy atom. The van der Waals surface area contributed by atoms with Gasteiger partial charge in [-0.2, -0.15) is 0 Å². The van der Waals surface area contributed by atoms with E-state index < -0.39 is 16.0 Å². The van der Waals surface area contributed by atoms with Crippen molar-refractivity contribution in [1.82, 2.24) is 0 Å². The van der Waals surface area contributed by atoms with E-state index in [9.17, 15) is 13.2 Å². The van der Waals surface area contributed by atoms with Crippen LogP contribution in [-0.4, -0.2) is 31.9 Å². The molecule has 0 radical (unpaired) electrons.